The van der Waals surface area contributed by atoms with Gasteiger partial charge in [-0.2, -0.15) is 0 Å². The molecule has 0 aromatic carbocycles. The lowest BCUT2D eigenvalue weighted by Gasteiger charge is -2.17. The van der Waals surface area contributed by atoms with Crippen molar-refractivity contribution in [3.05, 3.63) is 11.2 Å². The Kier molecular flexibility index (Phi) is 2.51. The van der Waals surface area contributed by atoms with E-state index in [-0.39, 0.29) is 0 Å². The fraction of sp³-hybridized carbons (Fsp3) is 0.667. The van der Waals surface area contributed by atoms with E-state index in [9.17, 15) is 0 Å². The zero-order chi connectivity index (χ0) is 6.78. The Hall–Kier alpha value is -0.0100. The number of rotatable bonds is 1. The first-order valence-electron chi connectivity index (χ1n) is 2.58. The van der Waals surface area contributed by atoms with Crippen molar-refractivity contribution in [2.45, 2.75) is 6.92 Å². The zero-order valence-electron chi connectivity index (χ0n) is 5.90. The molecular weight excluding hydrogens is 122 g/mol. The second-order valence-corrected chi connectivity index (χ2v) is 3.43. The third-order valence-corrected chi connectivity index (χ3v) is 0.663. The van der Waals surface area contributed by atoms with Crippen LogP contribution in [0.3, 0.4) is 0 Å². The molecule has 0 amide bonds. The van der Waals surface area contributed by atoms with Gasteiger partial charge in [-0.1, -0.05) is 11.6 Å². The van der Waals surface area contributed by atoms with Crippen LogP contribution in [0.4, 0.5) is 0 Å². The SMILES string of the molecule is CC(Cl)=C[N+](C)(C)C. The highest BCUT2D eigenvalue weighted by Crippen LogP contribution is 2.02. The fourth-order valence-corrected chi connectivity index (χ4v) is 0.826. The molecule has 0 aromatic rings. The number of hydrogen-bond acceptors (Lipinski definition) is 0. The second-order valence-electron chi connectivity index (χ2n) is 2.83. The Bertz CT molecular complexity index is 95.6. The highest BCUT2D eigenvalue weighted by molar-refractivity contribution is 6.29. The summed E-state index contributed by atoms with van der Waals surface area (Å²) in [7, 11) is 6.18. The number of hydrogen-bond donors (Lipinski definition) is 0. The average Bonchev–Trinajstić information content (AvgIpc) is 1.21. The number of quaternary nitrogens is 1. The monoisotopic (exact) mass is 134 g/mol. The molecule has 0 aliphatic carbocycles. The summed E-state index contributed by atoms with van der Waals surface area (Å²) in [6, 6.07) is 0. The Balaban J connectivity index is 3.89. The molecule has 0 rings (SSSR count). The van der Waals surface area contributed by atoms with E-state index in [1.165, 1.54) is 0 Å². The standard InChI is InChI=1S/C6H13ClN/c1-6(7)5-8(2,3)4/h5H,1-4H3/q+1. The molecule has 0 heterocycles. The number of nitrogens with zero attached hydrogens (tertiary/aromatic N) is 1. The average molecular weight is 135 g/mol. The van der Waals surface area contributed by atoms with Crippen molar-refractivity contribution in [1.82, 2.24) is 0 Å². The van der Waals surface area contributed by atoms with Crippen LogP contribution < -0.4 is 0 Å². The van der Waals surface area contributed by atoms with Gasteiger partial charge >= 0.3 is 0 Å². The summed E-state index contributed by atoms with van der Waals surface area (Å²) in [5.41, 5.74) is 0. The highest BCUT2D eigenvalue weighted by Gasteiger charge is 2.00. The maximum atomic E-state index is 5.61. The summed E-state index contributed by atoms with van der Waals surface area (Å²) in [5, 5.41) is 0.845. The smallest absolute Gasteiger partial charge is 0.110 e. The van der Waals surface area contributed by atoms with Crippen LogP contribution in [0.15, 0.2) is 11.2 Å². The molecule has 0 bridgehead atoms. The van der Waals surface area contributed by atoms with E-state index in [1.807, 2.05) is 13.1 Å². The summed E-state index contributed by atoms with van der Waals surface area (Å²) in [6.07, 6.45) is 1.97. The van der Waals surface area contributed by atoms with Crippen LogP contribution in [0, 0.1) is 0 Å². The van der Waals surface area contributed by atoms with Gasteiger partial charge in [-0.15, -0.1) is 0 Å². The topological polar surface area (TPSA) is 0 Å². The van der Waals surface area contributed by atoms with Crippen molar-refractivity contribution in [1.29, 1.82) is 0 Å². The van der Waals surface area contributed by atoms with Gasteiger partial charge in [-0.05, 0) is 6.92 Å². The number of allylic oxidation sites excluding steroid dienone is 1. The van der Waals surface area contributed by atoms with Gasteiger partial charge < -0.3 is 4.48 Å². The van der Waals surface area contributed by atoms with E-state index in [2.05, 4.69) is 21.1 Å². The van der Waals surface area contributed by atoms with Gasteiger partial charge in [0.05, 0.1) is 26.2 Å². The highest BCUT2D eigenvalue weighted by atomic mass is 35.5. The summed E-state index contributed by atoms with van der Waals surface area (Å²) >= 11 is 5.61. The molecule has 48 valence electrons. The summed E-state index contributed by atoms with van der Waals surface area (Å²) in [6.45, 7) is 1.88. The Labute approximate surface area is 56.1 Å². The van der Waals surface area contributed by atoms with Crippen molar-refractivity contribution in [3.8, 4) is 0 Å². The van der Waals surface area contributed by atoms with Crippen LogP contribution in [-0.4, -0.2) is 25.6 Å². The van der Waals surface area contributed by atoms with Crippen LogP contribution in [0.5, 0.6) is 0 Å². The van der Waals surface area contributed by atoms with Crippen LogP contribution in [0.1, 0.15) is 6.92 Å². The maximum absolute atomic E-state index is 5.61. The third-order valence-electron chi connectivity index (χ3n) is 0.565. The predicted molar refractivity (Wildman–Crippen MR) is 37.6 cm³/mol. The molecule has 8 heavy (non-hydrogen) atoms. The lowest BCUT2D eigenvalue weighted by Crippen LogP contribution is -2.26. The molecule has 0 spiro atoms. The van der Waals surface area contributed by atoms with E-state index in [0.29, 0.717) is 0 Å². The Morgan fingerprint density at radius 1 is 1.38 bits per heavy atom. The fourth-order valence-electron chi connectivity index (χ4n) is 0.534. The van der Waals surface area contributed by atoms with Crippen LogP contribution >= 0.6 is 11.6 Å². The molecule has 2 heteroatoms. The molecule has 0 N–H and O–H groups in total. The summed E-state index contributed by atoms with van der Waals surface area (Å²) < 4.78 is 0.787. The first-order valence-corrected chi connectivity index (χ1v) is 2.96. The molecule has 0 aromatic heterocycles. The minimum Gasteiger partial charge on any atom is -0.304 e. The lowest BCUT2D eigenvalue weighted by molar-refractivity contribution is -0.817. The molecule has 0 aliphatic heterocycles. The van der Waals surface area contributed by atoms with Gasteiger partial charge in [0.2, 0.25) is 0 Å². The second kappa shape index (κ2) is 2.51. The minimum absolute atomic E-state index is 0.787. The normalized spacial score (nSPS) is 14.4. The van der Waals surface area contributed by atoms with E-state index in [4.69, 9.17) is 11.6 Å². The van der Waals surface area contributed by atoms with Gasteiger partial charge in [0.1, 0.15) is 6.20 Å². The number of halogens is 1. The molecule has 0 saturated carbocycles. The molecular formula is C6H13ClN+. The molecule has 0 unspecified atom stereocenters. The van der Waals surface area contributed by atoms with Gasteiger partial charge in [-0.25, -0.2) is 0 Å². The van der Waals surface area contributed by atoms with E-state index < -0.39 is 0 Å². The maximum Gasteiger partial charge on any atom is 0.110 e. The molecule has 0 fully saturated rings. The molecule has 0 saturated heterocycles. The quantitative estimate of drug-likeness (QED) is 0.480. The summed E-state index contributed by atoms with van der Waals surface area (Å²) in [5.74, 6) is 0. The van der Waals surface area contributed by atoms with Crippen LogP contribution in [-0.2, 0) is 0 Å². The van der Waals surface area contributed by atoms with E-state index >= 15 is 0 Å². The third kappa shape index (κ3) is 5.99. The first-order chi connectivity index (χ1) is 3.42. The van der Waals surface area contributed by atoms with Gasteiger partial charge in [0.15, 0.2) is 0 Å². The van der Waals surface area contributed by atoms with Gasteiger partial charge in [0.25, 0.3) is 0 Å². The zero-order valence-corrected chi connectivity index (χ0v) is 6.66. The van der Waals surface area contributed by atoms with Crippen LogP contribution in [0.25, 0.3) is 0 Å². The molecule has 1 nitrogen and oxygen atoms in total. The molecule has 0 aliphatic rings. The Morgan fingerprint density at radius 2 is 1.75 bits per heavy atom. The first kappa shape index (κ1) is 7.99. The largest absolute Gasteiger partial charge is 0.304 e. The van der Waals surface area contributed by atoms with Crippen molar-refractivity contribution < 1.29 is 4.48 Å². The Morgan fingerprint density at radius 3 is 1.75 bits per heavy atom. The van der Waals surface area contributed by atoms with Crippen LogP contribution in [0.2, 0.25) is 0 Å². The summed E-state index contributed by atoms with van der Waals surface area (Å²) in [4.78, 5) is 0. The van der Waals surface area contributed by atoms with Crippen molar-refractivity contribution in [2.75, 3.05) is 21.1 Å². The van der Waals surface area contributed by atoms with Crippen molar-refractivity contribution >= 4 is 11.6 Å². The molecule has 0 radical (unpaired) electrons. The van der Waals surface area contributed by atoms with E-state index in [0.717, 1.165) is 9.52 Å². The van der Waals surface area contributed by atoms with Gasteiger partial charge in [0, 0.05) is 0 Å². The lowest BCUT2D eigenvalue weighted by atomic mass is 10.6. The van der Waals surface area contributed by atoms with Crippen molar-refractivity contribution in [2.24, 2.45) is 0 Å². The molecule has 0 atom stereocenters. The van der Waals surface area contributed by atoms with E-state index in [1.54, 1.807) is 0 Å². The predicted octanol–water partition coefficient (Wildman–Crippen LogP) is 1.79. The minimum atomic E-state index is 0.787. The van der Waals surface area contributed by atoms with Crippen molar-refractivity contribution in [3.63, 3.8) is 0 Å². The van der Waals surface area contributed by atoms with Gasteiger partial charge in [-0.3, -0.25) is 0 Å².